The fourth-order valence-electron chi connectivity index (χ4n) is 6.84. The molecule has 2 fully saturated rings. The fourth-order valence-corrected chi connectivity index (χ4v) is 7.32. The zero-order valence-electron chi connectivity index (χ0n) is 20.0. The number of fused-ring (bicyclic) bond motifs is 3. The Bertz CT molecular complexity index is 1420. The molecule has 9 heteroatoms. The number of H-pyrrole nitrogens is 1. The first-order valence-electron chi connectivity index (χ1n) is 12.8. The van der Waals surface area contributed by atoms with Crippen molar-refractivity contribution in [2.45, 2.75) is 87.5 Å². The van der Waals surface area contributed by atoms with Gasteiger partial charge < -0.3 is 9.17 Å². The van der Waals surface area contributed by atoms with Crippen LogP contribution in [0.3, 0.4) is 0 Å². The molecule has 6 rings (SSSR count). The molecular formula is C27H29F3N2O3S. The molecule has 1 spiro atoms. The Balaban J connectivity index is 1.48. The van der Waals surface area contributed by atoms with E-state index in [1.807, 2.05) is 12.1 Å². The molecule has 0 unspecified atom stereocenters. The average molecular weight is 519 g/mol. The molecule has 0 atom stereocenters. The summed E-state index contributed by atoms with van der Waals surface area (Å²) in [5.41, 5.74) is -0.314. The van der Waals surface area contributed by atoms with E-state index in [4.69, 9.17) is 9.17 Å². The van der Waals surface area contributed by atoms with Crippen LogP contribution in [0.25, 0.3) is 22.2 Å². The maximum Gasteiger partial charge on any atom is 0.534 e. The van der Waals surface area contributed by atoms with Gasteiger partial charge in [0.05, 0.1) is 11.0 Å². The summed E-state index contributed by atoms with van der Waals surface area (Å²) in [7, 11) is -5.74. The number of hydrogen-bond donors (Lipinski definition) is 1. The van der Waals surface area contributed by atoms with Crippen LogP contribution < -0.4 is 4.18 Å². The maximum atomic E-state index is 13.1. The number of rotatable bonds is 4. The van der Waals surface area contributed by atoms with Gasteiger partial charge in [-0.1, -0.05) is 37.8 Å². The lowest BCUT2D eigenvalue weighted by molar-refractivity contribution is -0.0500. The highest BCUT2D eigenvalue weighted by Gasteiger charge is 2.49. The van der Waals surface area contributed by atoms with Gasteiger partial charge in [-0.05, 0) is 85.3 Å². The summed E-state index contributed by atoms with van der Waals surface area (Å²) in [4.78, 5) is 8.32. The van der Waals surface area contributed by atoms with Crippen LogP contribution in [-0.4, -0.2) is 23.9 Å². The van der Waals surface area contributed by atoms with Gasteiger partial charge in [-0.2, -0.15) is 21.6 Å². The fraction of sp³-hybridized carbons (Fsp3) is 0.519. The van der Waals surface area contributed by atoms with E-state index in [9.17, 15) is 21.6 Å². The molecule has 0 aliphatic heterocycles. The Kier molecular flexibility index (Phi) is 5.63. The molecule has 36 heavy (non-hydrogen) atoms. The van der Waals surface area contributed by atoms with Crippen molar-refractivity contribution in [2.24, 2.45) is 0 Å². The third-order valence-corrected chi connectivity index (χ3v) is 9.44. The van der Waals surface area contributed by atoms with Crippen molar-refractivity contribution < 1.29 is 25.8 Å². The molecule has 0 bridgehead atoms. The second-order valence-corrected chi connectivity index (χ2v) is 12.2. The standard InChI is InChI=1S/C27H29F3N2O3S/c28-27(29,30)36(33,34)35-23-12-10-19(24-20(23)8-5-15-26(24)13-3-4-14-26)18-9-11-21-22(16-18)32-25(31-21)17-6-1-2-7-17/h9-12,16-17H,1-8,13-15H2,(H,31,32). The summed E-state index contributed by atoms with van der Waals surface area (Å²) in [5, 5.41) is 0. The lowest BCUT2D eigenvalue weighted by atomic mass is 9.66. The molecular weight excluding hydrogens is 489 g/mol. The number of nitrogens with one attached hydrogen (secondary N) is 1. The highest BCUT2D eigenvalue weighted by Crippen LogP contribution is 2.54. The second kappa shape index (κ2) is 8.50. The van der Waals surface area contributed by atoms with Crippen molar-refractivity contribution in [2.75, 3.05) is 0 Å². The minimum Gasteiger partial charge on any atom is -0.376 e. The number of nitrogens with zero attached hydrogens (tertiary/aromatic N) is 1. The summed E-state index contributed by atoms with van der Waals surface area (Å²) in [6.45, 7) is 0. The van der Waals surface area contributed by atoms with Crippen molar-refractivity contribution in [3.63, 3.8) is 0 Å². The van der Waals surface area contributed by atoms with E-state index in [1.165, 1.54) is 18.9 Å². The van der Waals surface area contributed by atoms with Crippen molar-refractivity contribution in [1.82, 2.24) is 9.97 Å². The first-order chi connectivity index (χ1) is 17.2. The first kappa shape index (κ1) is 23.8. The topological polar surface area (TPSA) is 72.1 Å². The maximum absolute atomic E-state index is 13.1. The highest BCUT2D eigenvalue weighted by molar-refractivity contribution is 7.88. The number of aromatic nitrogens is 2. The highest BCUT2D eigenvalue weighted by atomic mass is 32.2. The Morgan fingerprint density at radius 3 is 2.42 bits per heavy atom. The smallest absolute Gasteiger partial charge is 0.376 e. The summed E-state index contributed by atoms with van der Waals surface area (Å²) < 4.78 is 67.9. The normalized spacial score (nSPS) is 20.3. The van der Waals surface area contributed by atoms with Gasteiger partial charge in [-0.3, -0.25) is 0 Å². The summed E-state index contributed by atoms with van der Waals surface area (Å²) in [6, 6.07) is 9.21. The van der Waals surface area contributed by atoms with Crippen molar-refractivity contribution in [3.05, 3.63) is 47.3 Å². The quantitative estimate of drug-likeness (QED) is 0.291. The van der Waals surface area contributed by atoms with Gasteiger partial charge >= 0.3 is 15.6 Å². The summed E-state index contributed by atoms with van der Waals surface area (Å²) in [6.07, 6.45) is 11.0. The van der Waals surface area contributed by atoms with E-state index in [0.717, 1.165) is 84.9 Å². The van der Waals surface area contributed by atoms with Crippen LogP contribution in [0.1, 0.15) is 87.1 Å². The van der Waals surface area contributed by atoms with Gasteiger partial charge in [-0.25, -0.2) is 4.98 Å². The van der Waals surface area contributed by atoms with Crippen LogP contribution >= 0.6 is 0 Å². The summed E-state index contributed by atoms with van der Waals surface area (Å²) >= 11 is 0. The van der Waals surface area contributed by atoms with Gasteiger partial charge in [0.1, 0.15) is 11.6 Å². The number of hydrogen-bond acceptors (Lipinski definition) is 4. The van der Waals surface area contributed by atoms with Crippen LogP contribution in [0, 0.1) is 0 Å². The van der Waals surface area contributed by atoms with Crippen molar-refractivity contribution in [1.29, 1.82) is 0 Å². The van der Waals surface area contributed by atoms with Gasteiger partial charge in [0.2, 0.25) is 0 Å². The molecule has 5 nitrogen and oxygen atoms in total. The predicted molar refractivity (Wildman–Crippen MR) is 131 cm³/mol. The lowest BCUT2D eigenvalue weighted by Crippen LogP contribution is -2.31. The zero-order valence-corrected chi connectivity index (χ0v) is 20.8. The first-order valence-corrected chi connectivity index (χ1v) is 14.2. The molecule has 0 radical (unpaired) electrons. The lowest BCUT2D eigenvalue weighted by Gasteiger charge is -2.38. The molecule has 0 amide bonds. The SMILES string of the molecule is O=S(=O)(Oc1ccc(-c2ccc3nc(C4CCCC4)[nH]c3c2)c2c1CCCC21CCCC1)C(F)(F)F. The molecule has 0 saturated heterocycles. The number of benzene rings is 2. The summed E-state index contributed by atoms with van der Waals surface area (Å²) in [5.74, 6) is 1.29. The van der Waals surface area contributed by atoms with Crippen LogP contribution in [0.5, 0.6) is 5.75 Å². The Hall–Kier alpha value is -2.55. The third kappa shape index (κ3) is 3.90. The molecule has 2 aromatic carbocycles. The number of halogens is 3. The molecule has 192 valence electrons. The van der Waals surface area contributed by atoms with Crippen LogP contribution in [0.4, 0.5) is 13.2 Å². The zero-order chi connectivity index (χ0) is 25.1. The van der Waals surface area contributed by atoms with E-state index in [-0.39, 0.29) is 11.2 Å². The van der Waals surface area contributed by atoms with Crippen molar-refractivity contribution in [3.8, 4) is 16.9 Å². The van der Waals surface area contributed by atoms with E-state index < -0.39 is 15.6 Å². The largest absolute Gasteiger partial charge is 0.534 e. The number of alkyl halides is 3. The van der Waals surface area contributed by atoms with E-state index in [2.05, 4.69) is 11.1 Å². The van der Waals surface area contributed by atoms with Crippen LogP contribution in [0.2, 0.25) is 0 Å². The van der Waals surface area contributed by atoms with E-state index >= 15 is 0 Å². The van der Waals surface area contributed by atoms with E-state index in [0.29, 0.717) is 17.9 Å². The molecule has 3 aromatic rings. The van der Waals surface area contributed by atoms with Gasteiger partial charge in [0.15, 0.2) is 0 Å². The minimum absolute atomic E-state index is 0.164. The van der Waals surface area contributed by atoms with Crippen LogP contribution in [0.15, 0.2) is 30.3 Å². The molecule has 1 aromatic heterocycles. The minimum atomic E-state index is -5.74. The number of imidazole rings is 1. The molecule has 3 aliphatic carbocycles. The Morgan fingerprint density at radius 1 is 0.972 bits per heavy atom. The average Bonchev–Trinajstić information content (AvgIpc) is 3.59. The van der Waals surface area contributed by atoms with Gasteiger partial charge in [0.25, 0.3) is 0 Å². The predicted octanol–water partition coefficient (Wildman–Crippen LogP) is 7.26. The van der Waals surface area contributed by atoms with Crippen LogP contribution in [-0.2, 0) is 22.0 Å². The molecule has 1 N–H and O–H groups in total. The molecule has 1 heterocycles. The van der Waals surface area contributed by atoms with Gasteiger partial charge in [0, 0.05) is 11.5 Å². The second-order valence-electron chi connectivity index (χ2n) is 10.6. The van der Waals surface area contributed by atoms with Crippen molar-refractivity contribution >= 4 is 21.2 Å². The van der Waals surface area contributed by atoms with E-state index in [1.54, 1.807) is 6.07 Å². The van der Waals surface area contributed by atoms with Gasteiger partial charge in [-0.15, -0.1) is 0 Å². The molecule has 2 saturated carbocycles. The Labute approximate surface area is 208 Å². The number of aromatic amines is 1. The monoisotopic (exact) mass is 518 g/mol. The molecule has 3 aliphatic rings. The third-order valence-electron chi connectivity index (χ3n) is 8.48. The Morgan fingerprint density at radius 2 is 1.69 bits per heavy atom.